The molecule has 0 radical (unpaired) electrons. The van der Waals surface area contributed by atoms with Crippen molar-refractivity contribution in [3.05, 3.63) is 59.7 Å². The highest BCUT2D eigenvalue weighted by atomic mass is 16.5. The smallest absolute Gasteiger partial charge is 0.262 e. The molecule has 1 amide bonds. The molecule has 0 spiro atoms. The maximum absolute atomic E-state index is 11.9. The molecule has 0 saturated carbocycles. The zero-order valence-corrected chi connectivity index (χ0v) is 13.6. The van der Waals surface area contributed by atoms with Gasteiger partial charge in [0.2, 0.25) is 0 Å². The number of rotatable bonds is 4. The largest absolute Gasteiger partial charge is 0.484 e. The fourth-order valence-electron chi connectivity index (χ4n) is 2.03. The average molecular weight is 308 g/mol. The summed E-state index contributed by atoms with van der Waals surface area (Å²) in [5.74, 6) is 0.419. The van der Waals surface area contributed by atoms with Gasteiger partial charge in [0.1, 0.15) is 5.75 Å². The summed E-state index contributed by atoms with van der Waals surface area (Å²) in [4.78, 5) is 11.9. The second-order valence-electron chi connectivity index (χ2n) is 6.30. The van der Waals surface area contributed by atoms with Gasteiger partial charge in [-0.3, -0.25) is 4.79 Å². The van der Waals surface area contributed by atoms with E-state index in [1.54, 1.807) is 24.3 Å². The number of hydrogen-bond acceptors (Lipinski definition) is 3. The van der Waals surface area contributed by atoms with Crippen LogP contribution < -0.4 is 10.1 Å². The van der Waals surface area contributed by atoms with Gasteiger partial charge in [-0.2, -0.15) is 5.26 Å². The third-order valence-electron chi connectivity index (χ3n) is 3.39. The van der Waals surface area contributed by atoms with E-state index in [2.05, 4.69) is 26.1 Å². The maximum Gasteiger partial charge on any atom is 0.262 e. The van der Waals surface area contributed by atoms with E-state index in [0.717, 1.165) is 0 Å². The first-order chi connectivity index (χ1) is 10.9. The zero-order chi connectivity index (χ0) is 16.9. The first-order valence-corrected chi connectivity index (χ1v) is 7.42. The Morgan fingerprint density at radius 1 is 1.09 bits per heavy atom. The van der Waals surface area contributed by atoms with Crippen LogP contribution in [0, 0.1) is 11.3 Å². The minimum absolute atomic E-state index is 0.0606. The van der Waals surface area contributed by atoms with E-state index >= 15 is 0 Å². The number of hydrogen-bond donors (Lipinski definition) is 1. The van der Waals surface area contributed by atoms with Crippen LogP contribution in [0.25, 0.3) is 0 Å². The van der Waals surface area contributed by atoms with Crippen LogP contribution in [-0.2, 0) is 10.2 Å². The molecule has 0 heterocycles. The molecule has 0 aliphatic heterocycles. The van der Waals surface area contributed by atoms with E-state index < -0.39 is 0 Å². The first-order valence-electron chi connectivity index (χ1n) is 7.42. The molecule has 2 aromatic carbocycles. The molecule has 0 bridgehead atoms. The molecule has 0 unspecified atom stereocenters. The van der Waals surface area contributed by atoms with Gasteiger partial charge in [0.05, 0.1) is 11.6 Å². The third kappa shape index (κ3) is 4.86. The minimum atomic E-state index is -0.241. The predicted molar refractivity (Wildman–Crippen MR) is 90.4 cm³/mol. The van der Waals surface area contributed by atoms with Gasteiger partial charge < -0.3 is 10.1 Å². The van der Waals surface area contributed by atoms with Crippen molar-refractivity contribution in [1.82, 2.24) is 0 Å². The summed E-state index contributed by atoms with van der Waals surface area (Å²) in [5.41, 5.74) is 2.50. The molecule has 0 fully saturated rings. The zero-order valence-electron chi connectivity index (χ0n) is 13.6. The van der Waals surface area contributed by atoms with Crippen molar-refractivity contribution in [2.45, 2.75) is 26.2 Å². The van der Waals surface area contributed by atoms with Crippen LogP contribution in [0.4, 0.5) is 5.69 Å². The molecule has 1 N–H and O–H groups in total. The Balaban J connectivity index is 1.87. The van der Waals surface area contributed by atoms with Crippen molar-refractivity contribution in [3.63, 3.8) is 0 Å². The molecule has 4 nitrogen and oxygen atoms in total. The molecular weight excluding hydrogens is 288 g/mol. The van der Waals surface area contributed by atoms with E-state index in [0.29, 0.717) is 17.0 Å². The van der Waals surface area contributed by atoms with Gasteiger partial charge in [0.15, 0.2) is 6.61 Å². The summed E-state index contributed by atoms with van der Waals surface area (Å²) in [6.07, 6.45) is 0. The lowest BCUT2D eigenvalue weighted by molar-refractivity contribution is -0.118. The third-order valence-corrected chi connectivity index (χ3v) is 3.39. The Morgan fingerprint density at radius 3 is 2.22 bits per heavy atom. The van der Waals surface area contributed by atoms with E-state index in [9.17, 15) is 4.79 Å². The molecule has 0 atom stereocenters. The van der Waals surface area contributed by atoms with Gasteiger partial charge in [0, 0.05) is 5.69 Å². The van der Waals surface area contributed by atoms with Gasteiger partial charge in [-0.05, 0) is 47.4 Å². The number of nitriles is 1. The predicted octanol–water partition coefficient (Wildman–Crippen LogP) is 3.87. The van der Waals surface area contributed by atoms with Gasteiger partial charge >= 0.3 is 0 Å². The summed E-state index contributed by atoms with van der Waals surface area (Å²) in [6.45, 7) is 6.38. The molecule has 118 valence electrons. The van der Waals surface area contributed by atoms with E-state index in [4.69, 9.17) is 10.00 Å². The SMILES string of the molecule is CC(C)(C)c1ccc(OCC(=O)Nc2ccc(C#N)cc2)cc1. The lowest BCUT2D eigenvalue weighted by atomic mass is 9.87. The van der Waals surface area contributed by atoms with Gasteiger partial charge in [-0.1, -0.05) is 32.9 Å². The summed E-state index contributed by atoms with van der Waals surface area (Å²) in [7, 11) is 0. The van der Waals surface area contributed by atoms with Gasteiger partial charge in [0.25, 0.3) is 5.91 Å². The highest BCUT2D eigenvalue weighted by Crippen LogP contribution is 2.24. The molecule has 0 aromatic heterocycles. The van der Waals surface area contributed by atoms with Crippen molar-refractivity contribution in [2.24, 2.45) is 0 Å². The fourth-order valence-corrected chi connectivity index (χ4v) is 2.03. The van der Waals surface area contributed by atoms with Crippen LogP contribution in [0.15, 0.2) is 48.5 Å². The van der Waals surface area contributed by atoms with E-state index in [1.165, 1.54) is 5.56 Å². The number of carbonyl (C=O) groups is 1. The van der Waals surface area contributed by atoms with Crippen molar-refractivity contribution >= 4 is 11.6 Å². The maximum atomic E-state index is 11.9. The summed E-state index contributed by atoms with van der Waals surface area (Å²) < 4.78 is 5.49. The molecule has 23 heavy (non-hydrogen) atoms. The van der Waals surface area contributed by atoms with Gasteiger partial charge in [-0.15, -0.1) is 0 Å². The standard InChI is InChI=1S/C19H20N2O2/c1-19(2,3)15-6-10-17(11-7-15)23-13-18(22)21-16-8-4-14(12-20)5-9-16/h4-11H,13H2,1-3H3,(H,21,22). The second-order valence-corrected chi connectivity index (χ2v) is 6.30. The summed E-state index contributed by atoms with van der Waals surface area (Å²) >= 11 is 0. The topological polar surface area (TPSA) is 62.1 Å². The van der Waals surface area contributed by atoms with Crippen LogP contribution in [-0.4, -0.2) is 12.5 Å². The monoisotopic (exact) mass is 308 g/mol. The molecule has 4 heteroatoms. The van der Waals surface area contributed by atoms with Crippen molar-refractivity contribution in [1.29, 1.82) is 5.26 Å². The minimum Gasteiger partial charge on any atom is -0.484 e. The molecule has 0 aliphatic carbocycles. The molecule has 2 aromatic rings. The number of nitrogens with one attached hydrogen (secondary N) is 1. The Labute approximate surface area is 136 Å². The molecule has 0 aliphatic rings. The highest BCUT2D eigenvalue weighted by molar-refractivity contribution is 5.91. The fraction of sp³-hybridized carbons (Fsp3) is 0.263. The van der Waals surface area contributed by atoms with Crippen LogP contribution in [0.2, 0.25) is 0 Å². The molecular formula is C19H20N2O2. The lowest BCUT2D eigenvalue weighted by Crippen LogP contribution is -2.20. The average Bonchev–Trinajstić information content (AvgIpc) is 2.53. The normalized spacial score (nSPS) is 10.7. The lowest BCUT2D eigenvalue weighted by Gasteiger charge is -2.19. The summed E-state index contributed by atoms with van der Waals surface area (Å²) in [6, 6.07) is 16.5. The van der Waals surface area contributed by atoms with Crippen molar-refractivity contribution < 1.29 is 9.53 Å². The number of amides is 1. The first kappa shape index (κ1) is 16.6. The van der Waals surface area contributed by atoms with Crippen LogP contribution in [0.3, 0.4) is 0 Å². The number of carbonyl (C=O) groups excluding carboxylic acids is 1. The van der Waals surface area contributed by atoms with Crippen molar-refractivity contribution in [3.8, 4) is 11.8 Å². The Kier molecular flexibility index (Phi) is 5.02. The van der Waals surface area contributed by atoms with Crippen LogP contribution in [0.5, 0.6) is 5.75 Å². The Morgan fingerprint density at radius 2 is 1.70 bits per heavy atom. The molecule has 0 saturated heterocycles. The highest BCUT2D eigenvalue weighted by Gasteiger charge is 2.13. The van der Waals surface area contributed by atoms with Crippen molar-refractivity contribution in [2.75, 3.05) is 11.9 Å². The number of ether oxygens (including phenoxy) is 1. The van der Waals surface area contributed by atoms with Gasteiger partial charge in [-0.25, -0.2) is 0 Å². The second kappa shape index (κ2) is 6.97. The van der Waals surface area contributed by atoms with Crippen LogP contribution in [0.1, 0.15) is 31.9 Å². The van der Waals surface area contributed by atoms with Crippen LogP contribution >= 0.6 is 0 Å². The van der Waals surface area contributed by atoms with E-state index in [1.807, 2.05) is 30.3 Å². The Hall–Kier alpha value is -2.80. The number of benzene rings is 2. The quantitative estimate of drug-likeness (QED) is 0.932. The summed E-state index contributed by atoms with van der Waals surface area (Å²) in [5, 5.41) is 11.5. The molecule has 2 rings (SSSR count). The Bertz CT molecular complexity index is 705. The number of anilines is 1. The van der Waals surface area contributed by atoms with E-state index in [-0.39, 0.29) is 17.9 Å². The number of nitrogens with zero attached hydrogens (tertiary/aromatic N) is 1.